The molecular weight excluding hydrogens is 500 g/mol. The van der Waals surface area contributed by atoms with E-state index in [2.05, 4.69) is 10.3 Å². The van der Waals surface area contributed by atoms with Crippen molar-refractivity contribution in [3.63, 3.8) is 0 Å². The van der Waals surface area contributed by atoms with Gasteiger partial charge in [0.05, 0.1) is 15.7 Å². The van der Waals surface area contributed by atoms with Crippen molar-refractivity contribution < 1.29 is 26.8 Å². The summed E-state index contributed by atoms with van der Waals surface area (Å²) in [7, 11) is -1.37. The molecule has 13 heteroatoms. The van der Waals surface area contributed by atoms with Crippen LogP contribution in [0, 0.1) is 11.6 Å². The largest absolute Gasteiger partial charge is 0.330 e. The van der Waals surface area contributed by atoms with Gasteiger partial charge in [-0.05, 0) is 42.3 Å². The number of thiazole rings is 1. The molecule has 0 unspecified atom stereocenters. The molecular formula is C22H25F2N5O4S2. The summed E-state index contributed by atoms with van der Waals surface area (Å²) in [5.41, 5.74) is 2.92. The van der Waals surface area contributed by atoms with Gasteiger partial charge in [0.25, 0.3) is 0 Å². The number of likely N-dealkylation sites (N-methyl/N-ethyl adjacent to an activating group) is 1. The molecule has 2 N–H and O–H groups in total. The molecule has 3 amide bonds. The number of hydrogen-bond acceptors (Lipinski definition) is 6. The van der Waals surface area contributed by atoms with Gasteiger partial charge < -0.3 is 10.2 Å². The van der Waals surface area contributed by atoms with E-state index in [0.29, 0.717) is 23.7 Å². The molecule has 3 rings (SSSR count). The topological polar surface area (TPSA) is 112 Å². The van der Waals surface area contributed by atoms with E-state index in [1.54, 1.807) is 30.6 Å². The highest BCUT2D eigenvalue weighted by Gasteiger charge is 2.28. The van der Waals surface area contributed by atoms with E-state index in [-0.39, 0.29) is 18.5 Å². The quantitative estimate of drug-likeness (QED) is 0.446. The number of carbonyl (C=O) groups excluding carboxylic acids is 2. The first-order chi connectivity index (χ1) is 16.5. The molecule has 0 saturated carbocycles. The minimum Gasteiger partial charge on any atom is -0.325 e. The van der Waals surface area contributed by atoms with Crippen LogP contribution in [0.15, 0.2) is 41.9 Å². The minimum atomic E-state index is -4.15. The van der Waals surface area contributed by atoms with Gasteiger partial charge in [-0.1, -0.05) is 6.92 Å². The number of nitrogens with zero attached hydrogens (tertiary/aromatic N) is 3. The first-order valence-electron chi connectivity index (χ1n) is 10.6. The van der Waals surface area contributed by atoms with Crippen molar-refractivity contribution in [1.29, 1.82) is 0 Å². The van der Waals surface area contributed by atoms with Crippen LogP contribution in [0.2, 0.25) is 0 Å². The molecule has 0 fully saturated rings. The van der Waals surface area contributed by atoms with E-state index in [1.807, 2.05) is 4.72 Å². The summed E-state index contributed by atoms with van der Waals surface area (Å²) < 4.78 is 55.9. The van der Waals surface area contributed by atoms with E-state index < -0.39 is 39.8 Å². The van der Waals surface area contributed by atoms with Gasteiger partial charge in [-0.15, -0.1) is 11.3 Å². The summed E-state index contributed by atoms with van der Waals surface area (Å²) in [6, 6.07) is 5.46. The molecule has 0 aliphatic carbocycles. The molecule has 9 nitrogen and oxygen atoms in total. The monoisotopic (exact) mass is 525 g/mol. The summed E-state index contributed by atoms with van der Waals surface area (Å²) in [5, 5.41) is 2.33. The van der Waals surface area contributed by atoms with E-state index in [1.165, 1.54) is 30.3 Å². The lowest BCUT2D eigenvalue weighted by molar-refractivity contribution is -0.120. The highest BCUT2D eigenvalue weighted by atomic mass is 32.2. The molecule has 2 aromatic carbocycles. The third kappa shape index (κ3) is 6.71. The van der Waals surface area contributed by atoms with Crippen LogP contribution >= 0.6 is 11.3 Å². The number of benzene rings is 2. The zero-order valence-electron chi connectivity index (χ0n) is 19.3. The molecule has 188 valence electrons. The normalized spacial score (nSPS) is 12.5. The number of anilines is 1. The lowest BCUT2D eigenvalue weighted by atomic mass is 10.0. The average Bonchev–Trinajstić information content (AvgIpc) is 3.24. The van der Waals surface area contributed by atoms with Gasteiger partial charge in [-0.25, -0.2) is 23.3 Å². The third-order valence-corrected chi connectivity index (χ3v) is 7.42. The third-order valence-electron chi connectivity index (χ3n) is 5.17. The van der Waals surface area contributed by atoms with Gasteiger partial charge in [0.15, 0.2) is 0 Å². The van der Waals surface area contributed by atoms with Crippen molar-refractivity contribution in [3.05, 3.63) is 59.1 Å². The van der Waals surface area contributed by atoms with Crippen molar-refractivity contribution in [2.45, 2.75) is 25.8 Å². The second kappa shape index (κ2) is 11.1. The Labute approximate surface area is 205 Å². The van der Waals surface area contributed by atoms with Gasteiger partial charge in [0.2, 0.25) is 5.91 Å². The Balaban J connectivity index is 1.86. The van der Waals surface area contributed by atoms with Crippen LogP contribution < -0.4 is 14.9 Å². The molecule has 1 aromatic heterocycles. The Morgan fingerprint density at radius 3 is 2.46 bits per heavy atom. The molecule has 0 aliphatic heterocycles. The highest BCUT2D eigenvalue weighted by Crippen LogP contribution is 2.24. The Morgan fingerprint density at radius 1 is 1.11 bits per heavy atom. The number of nitrogens with one attached hydrogen (secondary N) is 2. The van der Waals surface area contributed by atoms with Gasteiger partial charge in [-0.3, -0.25) is 4.79 Å². The SMILES string of the molecule is CCCN(C)S(=O)(=O)NC(=O)N[C@@H](Cc1cc(F)cc(F)c1)C(=O)N(C)c1ccc2scnc2c1. The smallest absolute Gasteiger partial charge is 0.325 e. The van der Waals surface area contributed by atoms with Crippen LogP contribution in [0.4, 0.5) is 19.3 Å². The maximum atomic E-state index is 13.7. The zero-order valence-corrected chi connectivity index (χ0v) is 20.9. The Morgan fingerprint density at radius 2 is 1.80 bits per heavy atom. The number of amides is 3. The Bertz CT molecular complexity index is 1310. The molecule has 35 heavy (non-hydrogen) atoms. The number of hydrogen-bond donors (Lipinski definition) is 2. The summed E-state index contributed by atoms with van der Waals surface area (Å²) in [4.78, 5) is 31.4. The fourth-order valence-corrected chi connectivity index (χ4v) is 4.93. The number of fused-ring (bicyclic) bond motifs is 1. The molecule has 3 aromatic rings. The van der Waals surface area contributed by atoms with Crippen molar-refractivity contribution in [2.24, 2.45) is 0 Å². The maximum absolute atomic E-state index is 13.7. The van der Waals surface area contributed by atoms with Crippen LogP contribution in [0.25, 0.3) is 10.2 Å². The maximum Gasteiger partial charge on any atom is 0.330 e. The van der Waals surface area contributed by atoms with Gasteiger partial charge in [0.1, 0.15) is 17.7 Å². The molecule has 1 atom stereocenters. The van der Waals surface area contributed by atoms with Gasteiger partial charge in [0, 0.05) is 38.8 Å². The van der Waals surface area contributed by atoms with Crippen molar-refractivity contribution in [1.82, 2.24) is 19.3 Å². The second-order valence-corrected chi connectivity index (χ2v) is 10.5. The first kappa shape index (κ1) is 26.4. The Hall–Kier alpha value is -3.16. The fraction of sp³-hybridized carbons (Fsp3) is 0.318. The number of urea groups is 1. The van der Waals surface area contributed by atoms with Crippen molar-refractivity contribution in [2.75, 3.05) is 25.5 Å². The van der Waals surface area contributed by atoms with Crippen LogP contribution in [-0.4, -0.2) is 56.3 Å². The summed E-state index contributed by atoms with van der Waals surface area (Å²) in [6.45, 7) is 1.95. The summed E-state index contributed by atoms with van der Waals surface area (Å²) >= 11 is 1.43. The second-order valence-electron chi connectivity index (χ2n) is 7.84. The highest BCUT2D eigenvalue weighted by molar-refractivity contribution is 7.87. The number of rotatable bonds is 9. The van der Waals surface area contributed by atoms with Crippen LogP contribution in [0.1, 0.15) is 18.9 Å². The first-order valence-corrected chi connectivity index (χ1v) is 12.9. The van der Waals surface area contributed by atoms with Crippen LogP contribution in [0.5, 0.6) is 0 Å². The standard InChI is InChI=1S/C22H25F2N5O4S2/c1-4-7-28(2)35(32,33)27-22(31)26-19(10-14-8-15(23)11-16(24)9-14)21(30)29(3)17-5-6-20-18(12-17)25-13-34-20/h5-6,8-9,11-13,19H,4,7,10H2,1-3H3,(H2,26,27,31)/t19-/m0/s1. The van der Waals surface area contributed by atoms with E-state index in [0.717, 1.165) is 21.1 Å². The molecule has 0 spiro atoms. The fourth-order valence-electron chi connectivity index (χ4n) is 3.40. The lowest BCUT2D eigenvalue weighted by Crippen LogP contribution is -2.54. The van der Waals surface area contributed by atoms with E-state index in [4.69, 9.17) is 0 Å². The van der Waals surface area contributed by atoms with Crippen LogP contribution in [-0.2, 0) is 21.4 Å². The van der Waals surface area contributed by atoms with E-state index >= 15 is 0 Å². The lowest BCUT2D eigenvalue weighted by Gasteiger charge is -2.25. The Kier molecular flexibility index (Phi) is 8.35. The van der Waals surface area contributed by atoms with Gasteiger partial charge >= 0.3 is 16.2 Å². The zero-order chi connectivity index (χ0) is 25.8. The molecule has 1 heterocycles. The minimum absolute atomic E-state index is 0.107. The molecule has 0 saturated heterocycles. The predicted molar refractivity (Wildman–Crippen MR) is 130 cm³/mol. The molecule has 0 radical (unpaired) electrons. The summed E-state index contributed by atoms with van der Waals surface area (Å²) in [5.74, 6) is -2.32. The molecule has 0 aliphatic rings. The van der Waals surface area contributed by atoms with Crippen molar-refractivity contribution in [3.8, 4) is 0 Å². The number of halogens is 2. The number of carbonyl (C=O) groups is 2. The average molecular weight is 526 g/mol. The van der Waals surface area contributed by atoms with Gasteiger partial charge in [-0.2, -0.15) is 12.7 Å². The van der Waals surface area contributed by atoms with Crippen LogP contribution in [0.3, 0.4) is 0 Å². The molecule has 0 bridgehead atoms. The predicted octanol–water partition coefficient (Wildman–Crippen LogP) is 3.03. The summed E-state index contributed by atoms with van der Waals surface area (Å²) in [6.07, 6.45) is 0.245. The van der Waals surface area contributed by atoms with Crippen molar-refractivity contribution >= 4 is 49.4 Å². The van der Waals surface area contributed by atoms with E-state index in [9.17, 15) is 26.8 Å². The number of aromatic nitrogens is 1.